The van der Waals surface area contributed by atoms with E-state index in [2.05, 4.69) is 0 Å². The van der Waals surface area contributed by atoms with Crippen LogP contribution < -0.4 is 0 Å². The standard InChI is InChI=1S/C29H34N4O5/c1-30(2)20-28(37)32-19-27(36)26(16-21-6-4-3-5-7-21)31(17-22-8-12-24(34)13-9-22)29(38)33(32)18-23-10-14-25(35)15-11-23/h3-15,26-27,34-36H,16-20H2,1-2H3/t26-,27-/m1/s1. The number of nitrogens with zero attached hydrogens (tertiary/aromatic N) is 4. The SMILES string of the molecule is CN(C)CC(=O)N1C[C@@H](O)[C@@H](Cc2ccccc2)N(Cc2ccc(O)cc2)C(=O)N1Cc1ccc(O)cc1. The summed E-state index contributed by atoms with van der Waals surface area (Å²) in [4.78, 5) is 31.0. The first-order valence-corrected chi connectivity index (χ1v) is 12.5. The number of β-amino-alcohol motifs (C(OH)–C–C–N with tert-alkyl or cyclic N) is 1. The summed E-state index contributed by atoms with van der Waals surface area (Å²) in [5.41, 5.74) is 2.46. The zero-order valence-electron chi connectivity index (χ0n) is 21.6. The summed E-state index contributed by atoms with van der Waals surface area (Å²) >= 11 is 0. The molecule has 4 rings (SSSR count). The number of benzene rings is 3. The fraction of sp³-hybridized carbons (Fsp3) is 0.310. The van der Waals surface area contributed by atoms with Crippen molar-refractivity contribution < 1.29 is 24.9 Å². The molecule has 0 aliphatic carbocycles. The minimum atomic E-state index is -1.02. The molecule has 1 heterocycles. The second kappa shape index (κ2) is 12.0. The fourth-order valence-corrected chi connectivity index (χ4v) is 4.60. The van der Waals surface area contributed by atoms with Crippen LogP contribution in [-0.2, 0) is 24.3 Å². The van der Waals surface area contributed by atoms with Crippen LogP contribution in [0.25, 0.3) is 0 Å². The number of phenolic OH excluding ortho intramolecular Hbond substituents is 2. The van der Waals surface area contributed by atoms with Gasteiger partial charge in [0.15, 0.2) is 0 Å². The van der Waals surface area contributed by atoms with Crippen molar-refractivity contribution in [2.45, 2.75) is 31.7 Å². The van der Waals surface area contributed by atoms with E-state index < -0.39 is 18.2 Å². The van der Waals surface area contributed by atoms with Crippen LogP contribution in [0.1, 0.15) is 16.7 Å². The van der Waals surface area contributed by atoms with Gasteiger partial charge < -0.3 is 25.1 Å². The van der Waals surface area contributed by atoms with Gasteiger partial charge in [-0.2, -0.15) is 0 Å². The van der Waals surface area contributed by atoms with Crippen molar-refractivity contribution in [3.8, 4) is 11.5 Å². The van der Waals surface area contributed by atoms with E-state index in [1.807, 2.05) is 30.3 Å². The predicted octanol–water partition coefficient (Wildman–Crippen LogP) is 2.81. The lowest BCUT2D eigenvalue weighted by atomic mass is 9.99. The largest absolute Gasteiger partial charge is 0.508 e. The van der Waals surface area contributed by atoms with Crippen molar-refractivity contribution in [2.24, 2.45) is 0 Å². The molecule has 0 bridgehead atoms. The normalized spacial score (nSPS) is 18.1. The Morgan fingerprint density at radius 3 is 1.95 bits per heavy atom. The summed E-state index contributed by atoms with van der Waals surface area (Å²) in [5, 5.41) is 33.7. The zero-order chi connectivity index (χ0) is 27.2. The average molecular weight is 519 g/mol. The summed E-state index contributed by atoms with van der Waals surface area (Å²) in [6.07, 6.45) is -0.624. The maximum atomic E-state index is 14.3. The lowest BCUT2D eigenvalue weighted by Gasteiger charge is -2.36. The number of hydrogen-bond donors (Lipinski definition) is 3. The summed E-state index contributed by atoms with van der Waals surface area (Å²) < 4.78 is 0. The lowest BCUT2D eigenvalue weighted by molar-refractivity contribution is -0.147. The molecule has 3 N–H and O–H groups in total. The van der Waals surface area contributed by atoms with Gasteiger partial charge in [-0.15, -0.1) is 0 Å². The molecule has 200 valence electrons. The number of hydrogen-bond acceptors (Lipinski definition) is 6. The minimum Gasteiger partial charge on any atom is -0.508 e. The third-order valence-corrected chi connectivity index (χ3v) is 6.55. The van der Waals surface area contributed by atoms with Crippen LogP contribution in [0.15, 0.2) is 78.9 Å². The van der Waals surface area contributed by atoms with Crippen molar-refractivity contribution in [1.82, 2.24) is 19.8 Å². The number of aliphatic hydroxyl groups is 1. The molecule has 0 spiro atoms. The van der Waals surface area contributed by atoms with Crippen LogP contribution in [-0.4, -0.2) is 86.4 Å². The molecule has 38 heavy (non-hydrogen) atoms. The Morgan fingerprint density at radius 1 is 0.842 bits per heavy atom. The maximum Gasteiger partial charge on any atom is 0.339 e. The monoisotopic (exact) mass is 518 g/mol. The van der Waals surface area contributed by atoms with Gasteiger partial charge in [0.2, 0.25) is 0 Å². The van der Waals surface area contributed by atoms with E-state index in [9.17, 15) is 24.9 Å². The molecule has 9 nitrogen and oxygen atoms in total. The van der Waals surface area contributed by atoms with E-state index in [0.717, 1.165) is 16.7 Å². The Balaban J connectivity index is 1.75. The Kier molecular flexibility index (Phi) is 8.50. The van der Waals surface area contributed by atoms with Crippen LogP contribution in [0.2, 0.25) is 0 Å². The lowest BCUT2D eigenvalue weighted by Crippen LogP contribution is -2.54. The molecule has 9 heteroatoms. The van der Waals surface area contributed by atoms with Crippen molar-refractivity contribution in [2.75, 3.05) is 27.2 Å². The highest BCUT2D eigenvalue weighted by Gasteiger charge is 2.41. The first kappa shape index (κ1) is 27.0. The number of urea groups is 1. The molecule has 3 aromatic carbocycles. The van der Waals surface area contributed by atoms with E-state index in [1.165, 1.54) is 22.2 Å². The van der Waals surface area contributed by atoms with Crippen LogP contribution in [0.4, 0.5) is 4.79 Å². The number of likely N-dealkylation sites (N-methyl/N-ethyl adjacent to an activating group) is 1. The highest BCUT2D eigenvalue weighted by Crippen LogP contribution is 2.26. The molecule has 3 amide bonds. The number of carbonyl (C=O) groups is 2. The van der Waals surface area contributed by atoms with Crippen molar-refractivity contribution in [3.63, 3.8) is 0 Å². The molecule has 1 fully saturated rings. The molecule has 1 aliphatic rings. The second-order valence-electron chi connectivity index (χ2n) is 9.84. The van der Waals surface area contributed by atoms with Gasteiger partial charge in [-0.3, -0.25) is 4.79 Å². The van der Waals surface area contributed by atoms with Gasteiger partial charge in [0.05, 0.1) is 31.8 Å². The number of aromatic hydroxyl groups is 2. The fourth-order valence-electron chi connectivity index (χ4n) is 4.60. The summed E-state index contributed by atoms with van der Waals surface area (Å²) in [5.74, 6) is -0.0962. The van der Waals surface area contributed by atoms with Crippen LogP contribution >= 0.6 is 0 Å². The number of carbonyl (C=O) groups excluding carboxylic acids is 2. The molecular weight excluding hydrogens is 484 g/mol. The van der Waals surface area contributed by atoms with Gasteiger partial charge in [-0.05, 0) is 61.5 Å². The summed E-state index contributed by atoms with van der Waals surface area (Å²) in [6.45, 7) is 0.262. The number of rotatable bonds is 8. The molecule has 1 saturated heterocycles. The highest BCUT2D eigenvalue weighted by atomic mass is 16.3. The van der Waals surface area contributed by atoms with Gasteiger partial charge >= 0.3 is 6.03 Å². The van der Waals surface area contributed by atoms with E-state index in [0.29, 0.717) is 6.42 Å². The summed E-state index contributed by atoms with van der Waals surface area (Å²) in [7, 11) is 3.54. The minimum absolute atomic E-state index is 0.0555. The molecular formula is C29H34N4O5. The Hall–Kier alpha value is -4.08. The van der Waals surface area contributed by atoms with E-state index >= 15 is 0 Å². The third kappa shape index (κ3) is 6.62. The van der Waals surface area contributed by atoms with Crippen LogP contribution in [0.3, 0.4) is 0 Å². The topological polar surface area (TPSA) is 108 Å². The van der Waals surface area contributed by atoms with E-state index in [-0.39, 0.29) is 43.6 Å². The average Bonchev–Trinajstić information content (AvgIpc) is 2.98. The maximum absolute atomic E-state index is 14.3. The van der Waals surface area contributed by atoms with Crippen LogP contribution in [0.5, 0.6) is 11.5 Å². The molecule has 0 radical (unpaired) electrons. The first-order chi connectivity index (χ1) is 18.2. The van der Waals surface area contributed by atoms with Crippen molar-refractivity contribution in [3.05, 3.63) is 95.6 Å². The van der Waals surface area contributed by atoms with Gasteiger partial charge in [-0.1, -0.05) is 54.6 Å². The Bertz CT molecular complexity index is 1220. The number of aliphatic hydroxyl groups excluding tert-OH is 1. The first-order valence-electron chi connectivity index (χ1n) is 12.5. The predicted molar refractivity (Wildman–Crippen MR) is 143 cm³/mol. The highest BCUT2D eigenvalue weighted by molar-refractivity contribution is 5.83. The number of amides is 3. The Morgan fingerprint density at radius 2 is 1.39 bits per heavy atom. The quantitative estimate of drug-likeness (QED) is 0.423. The van der Waals surface area contributed by atoms with Gasteiger partial charge in [0.25, 0.3) is 5.91 Å². The molecule has 3 aromatic rings. The van der Waals surface area contributed by atoms with Gasteiger partial charge in [0, 0.05) is 6.54 Å². The molecule has 0 unspecified atom stereocenters. The van der Waals surface area contributed by atoms with Crippen molar-refractivity contribution in [1.29, 1.82) is 0 Å². The summed E-state index contributed by atoms with van der Waals surface area (Å²) in [6, 6.07) is 21.6. The Labute approximate surface area is 222 Å². The van der Waals surface area contributed by atoms with Crippen LogP contribution in [0, 0.1) is 0 Å². The smallest absolute Gasteiger partial charge is 0.339 e. The van der Waals surface area contributed by atoms with Crippen molar-refractivity contribution >= 4 is 11.9 Å². The van der Waals surface area contributed by atoms with E-state index in [1.54, 1.807) is 60.3 Å². The third-order valence-electron chi connectivity index (χ3n) is 6.55. The number of phenols is 2. The van der Waals surface area contributed by atoms with Gasteiger partial charge in [-0.25, -0.2) is 14.8 Å². The molecule has 0 saturated carbocycles. The molecule has 2 atom stereocenters. The van der Waals surface area contributed by atoms with Gasteiger partial charge in [0.1, 0.15) is 11.5 Å². The zero-order valence-corrected chi connectivity index (χ0v) is 21.6. The number of hydrazine groups is 1. The van der Waals surface area contributed by atoms with E-state index in [4.69, 9.17) is 0 Å². The molecule has 0 aromatic heterocycles. The molecule has 1 aliphatic heterocycles. The second-order valence-corrected chi connectivity index (χ2v) is 9.84.